The summed E-state index contributed by atoms with van der Waals surface area (Å²) in [6, 6.07) is 2.36. The molecule has 1 aromatic heterocycles. The fourth-order valence-electron chi connectivity index (χ4n) is 2.13. The van der Waals surface area contributed by atoms with E-state index in [1.54, 1.807) is 0 Å². The summed E-state index contributed by atoms with van der Waals surface area (Å²) in [6.07, 6.45) is 5.98. The predicted molar refractivity (Wildman–Crippen MR) is 83.5 cm³/mol. The molecule has 2 N–H and O–H groups in total. The van der Waals surface area contributed by atoms with Gasteiger partial charge in [-0.1, -0.05) is 27.7 Å². The second-order valence-corrected chi connectivity index (χ2v) is 5.80. The van der Waals surface area contributed by atoms with Crippen molar-refractivity contribution in [3.63, 3.8) is 0 Å². The van der Waals surface area contributed by atoms with Crippen molar-refractivity contribution in [2.24, 2.45) is 5.92 Å². The highest BCUT2D eigenvalue weighted by Crippen LogP contribution is 2.02. The van der Waals surface area contributed by atoms with Gasteiger partial charge in [-0.2, -0.15) is 0 Å². The van der Waals surface area contributed by atoms with E-state index in [1.807, 2.05) is 17.0 Å². The summed E-state index contributed by atoms with van der Waals surface area (Å²) in [4.78, 5) is 11.9. The van der Waals surface area contributed by atoms with Gasteiger partial charge in [0.25, 0.3) is 0 Å². The lowest BCUT2D eigenvalue weighted by Gasteiger charge is -2.14. The van der Waals surface area contributed by atoms with Gasteiger partial charge in [0.1, 0.15) is 6.54 Å². The minimum atomic E-state index is 0.0935. The Morgan fingerprint density at radius 2 is 2.00 bits per heavy atom. The molecule has 4 heteroatoms. The van der Waals surface area contributed by atoms with Gasteiger partial charge in [0.2, 0.25) is 5.91 Å². The van der Waals surface area contributed by atoms with Gasteiger partial charge in [-0.15, -0.1) is 0 Å². The molecule has 0 saturated carbocycles. The molecule has 1 heterocycles. The second-order valence-electron chi connectivity index (χ2n) is 5.80. The molecule has 0 spiro atoms. The molecule has 0 unspecified atom stereocenters. The summed E-state index contributed by atoms with van der Waals surface area (Å²) in [5, 5.41) is 6.46. The number of aromatic nitrogens is 1. The van der Waals surface area contributed by atoms with Crippen LogP contribution >= 0.6 is 0 Å². The van der Waals surface area contributed by atoms with Crippen LogP contribution in [0.1, 0.15) is 46.1 Å². The molecule has 0 aliphatic heterocycles. The molecule has 0 aromatic carbocycles. The third kappa shape index (κ3) is 6.24. The van der Waals surface area contributed by atoms with E-state index in [0.29, 0.717) is 18.5 Å². The Kier molecular flexibility index (Phi) is 7.37. The van der Waals surface area contributed by atoms with Gasteiger partial charge < -0.3 is 15.2 Å². The Balaban J connectivity index is 2.37. The molecule has 1 rings (SSSR count). The van der Waals surface area contributed by atoms with Crippen molar-refractivity contribution in [1.82, 2.24) is 15.2 Å². The molecule has 0 fully saturated rings. The van der Waals surface area contributed by atoms with E-state index in [2.05, 4.69) is 44.4 Å². The molecule has 20 heavy (non-hydrogen) atoms. The largest absolute Gasteiger partial charge is 0.352 e. The van der Waals surface area contributed by atoms with Crippen LogP contribution in [0.25, 0.3) is 0 Å². The maximum atomic E-state index is 11.9. The maximum Gasteiger partial charge on any atom is 0.240 e. The lowest BCUT2D eigenvalue weighted by atomic mass is 10.2. The summed E-state index contributed by atoms with van der Waals surface area (Å²) in [6.45, 7) is 10.9. The number of rotatable bonds is 9. The van der Waals surface area contributed by atoms with Crippen molar-refractivity contribution >= 4 is 5.91 Å². The molecular weight excluding hydrogens is 250 g/mol. The van der Waals surface area contributed by atoms with Crippen molar-refractivity contribution in [2.75, 3.05) is 6.54 Å². The van der Waals surface area contributed by atoms with Crippen molar-refractivity contribution < 1.29 is 4.79 Å². The molecule has 114 valence electrons. The van der Waals surface area contributed by atoms with E-state index >= 15 is 0 Å². The molecule has 0 aliphatic carbocycles. The fourth-order valence-corrected chi connectivity index (χ4v) is 2.13. The molecule has 0 atom stereocenters. The topological polar surface area (TPSA) is 46.1 Å². The summed E-state index contributed by atoms with van der Waals surface area (Å²) in [5.41, 5.74) is 1.22. The van der Waals surface area contributed by atoms with Gasteiger partial charge in [-0.25, -0.2) is 0 Å². The number of carbonyl (C=O) groups is 1. The van der Waals surface area contributed by atoms with Crippen molar-refractivity contribution in [1.29, 1.82) is 0 Å². The first-order valence-corrected chi connectivity index (χ1v) is 7.69. The van der Waals surface area contributed by atoms with Crippen LogP contribution in [0.4, 0.5) is 0 Å². The Morgan fingerprint density at radius 3 is 2.60 bits per heavy atom. The van der Waals surface area contributed by atoms with Gasteiger partial charge in [0.15, 0.2) is 0 Å². The van der Waals surface area contributed by atoms with Gasteiger partial charge in [-0.05, 0) is 36.9 Å². The number of carbonyl (C=O) groups excluding carboxylic acids is 1. The zero-order chi connectivity index (χ0) is 15.0. The van der Waals surface area contributed by atoms with E-state index in [9.17, 15) is 4.79 Å². The number of nitrogens with zero attached hydrogens (tertiary/aromatic N) is 1. The molecule has 0 radical (unpaired) electrons. The van der Waals surface area contributed by atoms with Crippen LogP contribution in [-0.4, -0.2) is 23.1 Å². The van der Waals surface area contributed by atoms with Gasteiger partial charge in [0, 0.05) is 25.0 Å². The minimum absolute atomic E-state index is 0.0935. The first-order chi connectivity index (χ1) is 9.55. The number of amides is 1. The molecule has 0 bridgehead atoms. The van der Waals surface area contributed by atoms with Crippen molar-refractivity contribution in [2.45, 2.75) is 59.7 Å². The standard InChI is InChI=1S/C16H29N3O/c1-5-15(6-2)18-16(20)12-19-8-7-14(11-19)10-17-9-13(3)4/h7-8,11,13,15,17H,5-6,9-10,12H2,1-4H3,(H,18,20). The highest BCUT2D eigenvalue weighted by atomic mass is 16.2. The average molecular weight is 279 g/mol. The van der Waals surface area contributed by atoms with Gasteiger partial charge in [-0.3, -0.25) is 4.79 Å². The van der Waals surface area contributed by atoms with E-state index in [4.69, 9.17) is 0 Å². The maximum absolute atomic E-state index is 11.9. The summed E-state index contributed by atoms with van der Waals surface area (Å²) in [5.74, 6) is 0.749. The van der Waals surface area contributed by atoms with E-state index < -0.39 is 0 Å². The normalized spacial score (nSPS) is 11.3. The first kappa shape index (κ1) is 16.8. The third-order valence-electron chi connectivity index (χ3n) is 3.37. The van der Waals surface area contributed by atoms with Gasteiger partial charge in [0.05, 0.1) is 0 Å². The van der Waals surface area contributed by atoms with Crippen LogP contribution in [-0.2, 0) is 17.9 Å². The number of nitrogens with one attached hydrogen (secondary N) is 2. The smallest absolute Gasteiger partial charge is 0.240 e. The molecule has 0 saturated heterocycles. The Labute approximate surface area is 122 Å². The van der Waals surface area contributed by atoms with E-state index in [0.717, 1.165) is 25.9 Å². The van der Waals surface area contributed by atoms with Gasteiger partial charge >= 0.3 is 0 Å². The summed E-state index contributed by atoms with van der Waals surface area (Å²) < 4.78 is 1.95. The highest BCUT2D eigenvalue weighted by Gasteiger charge is 2.08. The van der Waals surface area contributed by atoms with Crippen LogP contribution in [0.2, 0.25) is 0 Å². The van der Waals surface area contributed by atoms with Crippen LogP contribution in [0.15, 0.2) is 18.5 Å². The van der Waals surface area contributed by atoms with Crippen LogP contribution in [0.5, 0.6) is 0 Å². The van der Waals surface area contributed by atoms with E-state index in [-0.39, 0.29) is 5.91 Å². The Morgan fingerprint density at radius 1 is 1.30 bits per heavy atom. The zero-order valence-corrected chi connectivity index (χ0v) is 13.3. The van der Waals surface area contributed by atoms with Crippen LogP contribution < -0.4 is 10.6 Å². The second kappa shape index (κ2) is 8.80. The molecule has 4 nitrogen and oxygen atoms in total. The lowest BCUT2D eigenvalue weighted by Crippen LogP contribution is -2.36. The third-order valence-corrected chi connectivity index (χ3v) is 3.37. The quantitative estimate of drug-likeness (QED) is 0.729. The minimum Gasteiger partial charge on any atom is -0.352 e. The Hall–Kier alpha value is -1.29. The molecular formula is C16H29N3O. The summed E-state index contributed by atoms with van der Waals surface area (Å²) >= 11 is 0. The SMILES string of the molecule is CCC(CC)NC(=O)Cn1ccc(CNCC(C)C)c1. The van der Waals surface area contributed by atoms with E-state index in [1.165, 1.54) is 5.56 Å². The molecule has 1 aromatic rings. The fraction of sp³-hybridized carbons (Fsp3) is 0.688. The monoisotopic (exact) mass is 279 g/mol. The van der Waals surface area contributed by atoms with Crippen LogP contribution in [0.3, 0.4) is 0 Å². The van der Waals surface area contributed by atoms with Crippen molar-refractivity contribution in [3.8, 4) is 0 Å². The highest BCUT2D eigenvalue weighted by molar-refractivity contribution is 5.76. The average Bonchev–Trinajstić information content (AvgIpc) is 2.83. The van der Waals surface area contributed by atoms with Crippen LogP contribution in [0, 0.1) is 5.92 Å². The molecule has 0 aliphatic rings. The number of hydrogen-bond acceptors (Lipinski definition) is 2. The predicted octanol–water partition coefficient (Wildman–Crippen LogP) is 2.54. The Bertz CT molecular complexity index is 394. The first-order valence-electron chi connectivity index (χ1n) is 7.69. The zero-order valence-electron chi connectivity index (χ0n) is 13.3. The molecule has 1 amide bonds. The lowest BCUT2D eigenvalue weighted by molar-refractivity contribution is -0.122. The summed E-state index contributed by atoms with van der Waals surface area (Å²) in [7, 11) is 0. The number of hydrogen-bond donors (Lipinski definition) is 2. The van der Waals surface area contributed by atoms with Crippen molar-refractivity contribution in [3.05, 3.63) is 24.0 Å².